The molecule has 1 N–H and O–H groups in total. The van der Waals surface area contributed by atoms with Crippen LogP contribution in [0.1, 0.15) is 76.0 Å². The Labute approximate surface area is 214 Å². The summed E-state index contributed by atoms with van der Waals surface area (Å²) in [7, 11) is 1.85. The molecular formula is C26H35F3N4O4. The minimum absolute atomic E-state index is 0.0616. The summed E-state index contributed by atoms with van der Waals surface area (Å²) in [4.78, 5) is 29.9. The van der Waals surface area contributed by atoms with Gasteiger partial charge in [-0.3, -0.25) is 19.5 Å². The molecule has 1 aliphatic heterocycles. The van der Waals surface area contributed by atoms with Gasteiger partial charge in [-0.1, -0.05) is 20.8 Å². The summed E-state index contributed by atoms with van der Waals surface area (Å²) in [6, 6.07) is 4.26. The van der Waals surface area contributed by atoms with Crippen LogP contribution < -0.4 is 10.8 Å². The van der Waals surface area contributed by atoms with E-state index in [1.165, 1.54) is 0 Å². The fourth-order valence-corrected chi connectivity index (χ4v) is 4.15. The molecule has 1 aromatic carbocycles. The number of aromatic nitrogens is 2. The van der Waals surface area contributed by atoms with Gasteiger partial charge in [0.2, 0.25) is 0 Å². The van der Waals surface area contributed by atoms with Crippen LogP contribution in [0.2, 0.25) is 0 Å². The summed E-state index contributed by atoms with van der Waals surface area (Å²) in [5, 5.41) is 2.39. The number of nitrogens with one attached hydrogen (secondary N) is 1. The molecule has 204 valence electrons. The number of halogens is 3. The van der Waals surface area contributed by atoms with Crippen molar-refractivity contribution in [3.8, 4) is 0 Å². The fourth-order valence-electron chi connectivity index (χ4n) is 4.15. The average Bonchev–Trinajstić information content (AvgIpc) is 3.35. The highest BCUT2D eigenvalue weighted by Gasteiger charge is 2.32. The number of rotatable bonds is 4. The number of amides is 2. The van der Waals surface area contributed by atoms with E-state index in [4.69, 9.17) is 9.47 Å². The van der Waals surface area contributed by atoms with Gasteiger partial charge in [-0.2, -0.15) is 18.2 Å². The van der Waals surface area contributed by atoms with Crippen molar-refractivity contribution in [2.75, 3.05) is 11.9 Å². The maximum atomic E-state index is 13.5. The van der Waals surface area contributed by atoms with Crippen molar-refractivity contribution < 1.29 is 32.2 Å². The molecule has 1 atom stereocenters. The van der Waals surface area contributed by atoms with Gasteiger partial charge in [0.05, 0.1) is 29.5 Å². The van der Waals surface area contributed by atoms with Crippen LogP contribution in [-0.2, 0) is 34.7 Å². The molecule has 1 fully saturated rings. The van der Waals surface area contributed by atoms with E-state index in [2.05, 4.69) is 10.3 Å². The summed E-state index contributed by atoms with van der Waals surface area (Å²) in [5.74, 6) is -0.927. The molecule has 1 saturated heterocycles. The number of anilines is 1. The van der Waals surface area contributed by atoms with Gasteiger partial charge in [0.1, 0.15) is 5.60 Å². The Morgan fingerprint density at radius 2 is 1.81 bits per heavy atom. The smallest absolute Gasteiger partial charge is 0.416 e. The number of carbonyl (C=O) groups is 2. The van der Waals surface area contributed by atoms with Crippen LogP contribution in [0.5, 0.6) is 0 Å². The van der Waals surface area contributed by atoms with Crippen molar-refractivity contribution in [3.05, 3.63) is 46.6 Å². The largest absolute Gasteiger partial charge is 0.444 e. The molecule has 0 bridgehead atoms. The molecule has 1 aromatic heterocycles. The van der Waals surface area contributed by atoms with Crippen LogP contribution in [0.25, 0.3) is 0 Å². The lowest BCUT2D eigenvalue weighted by Crippen LogP contribution is -2.30. The molecule has 3 rings (SSSR count). The van der Waals surface area contributed by atoms with E-state index in [0.717, 1.165) is 30.7 Å². The first kappa shape index (κ1) is 28.5. The normalized spacial score (nSPS) is 17.2. The quantitative estimate of drug-likeness (QED) is 0.580. The van der Waals surface area contributed by atoms with E-state index in [9.17, 15) is 22.8 Å². The Morgan fingerprint density at radius 3 is 2.35 bits per heavy atom. The van der Waals surface area contributed by atoms with E-state index in [0.29, 0.717) is 19.2 Å². The molecule has 2 heterocycles. The van der Waals surface area contributed by atoms with Crippen LogP contribution in [0.3, 0.4) is 0 Å². The second kappa shape index (κ2) is 10.4. The molecule has 0 radical (unpaired) electrons. The number of hydrogen-bond acceptors (Lipinski definition) is 4. The van der Waals surface area contributed by atoms with Crippen LogP contribution >= 0.6 is 0 Å². The van der Waals surface area contributed by atoms with Gasteiger partial charge in [-0.25, -0.2) is 4.79 Å². The topological polar surface area (TPSA) is 86.9 Å². The molecule has 1 aliphatic rings. The minimum Gasteiger partial charge on any atom is -0.444 e. The monoisotopic (exact) mass is 524 g/mol. The number of carbonyl (C=O) groups excluding carboxylic acids is 2. The van der Waals surface area contributed by atoms with Crippen molar-refractivity contribution >= 4 is 17.7 Å². The molecule has 37 heavy (non-hydrogen) atoms. The van der Waals surface area contributed by atoms with E-state index < -0.39 is 34.9 Å². The van der Waals surface area contributed by atoms with Crippen molar-refractivity contribution in [1.82, 2.24) is 9.36 Å². The lowest BCUT2D eigenvalue weighted by molar-refractivity contribution is -0.137. The molecular weight excluding hydrogens is 489 g/mol. The van der Waals surface area contributed by atoms with E-state index in [1.54, 1.807) is 31.5 Å². The molecule has 2 amide bonds. The summed E-state index contributed by atoms with van der Waals surface area (Å²) in [5.41, 5.74) is -1.52. The SMILES string of the molecule is Cn1c(C(C)(C)C)cc(=NC(=O)c2cc(C(F)(F)F)ccc2NC(=O)OC(C)(C)C)n1C[C@H]1CCCO1. The Bertz CT molecular complexity index is 1220. The van der Waals surface area contributed by atoms with Crippen molar-refractivity contribution in [2.45, 2.75) is 84.2 Å². The third-order valence-corrected chi connectivity index (χ3v) is 5.84. The molecule has 2 aromatic rings. The third-order valence-electron chi connectivity index (χ3n) is 5.84. The second-order valence-corrected chi connectivity index (χ2v) is 11.2. The summed E-state index contributed by atoms with van der Waals surface area (Å²) < 4.78 is 55.1. The predicted octanol–water partition coefficient (Wildman–Crippen LogP) is 5.41. The Kier molecular flexibility index (Phi) is 7.97. The molecule has 0 spiro atoms. The fraction of sp³-hybridized carbons (Fsp3) is 0.577. The zero-order chi connectivity index (χ0) is 27.8. The van der Waals surface area contributed by atoms with Gasteiger partial charge in [-0.05, 0) is 51.8 Å². The lowest BCUT2D eigenvalue weighted by Gasteiger charge is -2.21. The summed E-state index contributed by atoms with van der Waals surface area (Å²) in [6.45, 7) is 12.1. The number of hydrogen-bond donors (Lipinski definition) is 1. The summed E-state index contributed by atoms with van der Waals surface area (Å²) >= 11 is 0. The maximum Gasteiger partial charge on any atom is 0.416 e. The predicted molar refractivity (Wildman–Crippen MR) is 132 cm³/mol. The highest BCUT2D eigenvalue weighted by Crippen LogP contribution is 2.32. The van der Waals surface area contributed by atoms with Gasteiger partial charge >= 0.3 is 12.3 Å². The van der Waals surface area contributed by atoms with Crippen LogP contribution in [-0.4, -0.2) is 39.7 Å². The van der Waals surface area contributed by atoms with Crippen LogP contribution in [0, 0.1) is 0 Å². The molecule has 11 heteroatoms. The number of benzene rings is 1. The van der Waals surface area contributed by atoms with E-state index in [-0.39, 0.29) is 22.7 Å². The first-order valence-corrected chi connectivity index (χ1v) is 12.1. The zero-order valence-electron chi connectivity index (χ0n) is 22.3. The average molecular weight is 525 g/mol. The Morgan fingerprint density at radius 1 is 1.14 bits per heavy atom. The van der Waals surface area contributed by atoms with Gasteiger partial charge in [0, 0.05) is 30.8 Å². The first-order valence-electron chi connectivity index (χ1n) is 12.1. The zero-order valence-corrected chi connectivity index (χ0v) is 22.3. The van der Waals surface area contributed by atoms with Gasteiger partial charge in [0.15, 0.2) is 5.49 Å². The van der Waals surface area contributed by atoms with E-state index >= 15 is 0 Å². The minimum atomic E-state index is -4.69. The molecule has 0 unspecified atom stereocenters. The van der Waals surface area contributed by atoms with E-state index in [1.807, 2.05) is 32.5 Å². The third kappa shape index (κ3) is 7.24. The highest BCUT2D eigenvalue weighted by molar-refractivity contribution is 6.03. The second-order valence-electron chi connectivity index (χ2n) is 11.2. The van der Waals surface area contributed by atoms with Crippen LogP contribution in [0.4, 0.5) is 23.7 Å². The Hall–Kier alpha value is -3.08. The van der Waals surface area contributed by atoms with Crippen molar-refractivity contribution in [3.63, 3.8) is 0 Å². The molecule has 0 saturated carbocycles. The maximum absolute atomic E-state index is 13.5. The highest BCUT2D eigenvalue weighted by atomic mass is 19.4. The van der Waals surface area contributed by atoms with Crippen LogP contribution in [0.15, 0.2) is 29.3 Å². The molecule has 0 aliphatic carbocycles. The standard InChI is InChI=1S/C26H35F3N4O4/c1-24(2,3)20-14-21(33(32(20)7)15-17-9-8-12-36-17)31-22(34)18-13-16(26(27,28)29)10-11-19(18)30-23(35)37-25(4,5)6/h10-11,13-14,17H,8-9,12,15H2,1-7H3,(H,30,35)/t17-/m1/s1. The van der Waals surface area contributed by atoms with Gasteiger partial charge in [0.25, 0.3) is 5.91 Å². The Balaban J connectivity index is 2.10. The van der Waals surface area contributed by atoms with Gasteiger partial charge in [-0.15, -0.1) is 0 Å². The van der Waals surface area contributed by atoms with Crippen molar-refractivity contribution in [1.29, 1.82) is 0 Å². The lowest BCUT2D eigenvalue weighted by atomic mass is 9.92. The molecule has 8 nitrogen and oxygen atoms in total. The summed E-state index contributed by atoms with van der Waals surface area (Å²) in [6.07, 6.45) is -3.87. The number of alkyl halides is 3. The number of nitrogens with zero attached hydrogens (tertiary/aromatic N) is 3. The first-order chi connectivity index (χ1) is 17.0. The van der Waals surface area contributed by atoms with Gasteiger partial charge < -0.3 is 9.47 Å². The van der Waals surface area contributed by atoms with Crippen molar-refractivity contribution in [2.24, 2.45) is 12.0 Å². The number of ether oxygens (including phenoxy) is 2.